The zero-order chi connectivity index (χ0) is 15.4. The molecule has 110 valence electrons. The largest absolute Gasteiger partial charge is 0.481 e. The molecular formula is C15H14BrFN2O2. The van der Waals surface area contributed by atoms with E-state index in [-0.39, 0.29) is 16.2 Å². The van der Waals surface area contributed by atoms with Crippen molar-refractivity contribution in [2.75, 3.05) is 11.1 Å². The Morgan fingerprint density at radius 2 is 2.10 bits per heavy atom. The van der Waals surface area contributed by atoms with E-state index in [2.05, 4.69) is 21.2 Å². The molecule has 0 bridgehead atoms. The molecule has 0 saturated heterocycles. The van der Waals surface area contributed by atoms with Gasteiger partial charge in [0.15, 0.2) is 6.10 Å². The van der Waals surface area contributed by atoms with Gasteiger partial charge in [0, 0.05) is 11.4 Å². The molecule has 2 aromatic rings. The van der Waals surface area contributed by atoms with Crippen molar-refractivity contribution in [3.63, 3.8) is 0 Å². The Labute approximate surface area is 130 Å². The molecule has 0 fully saturated rings. The molecule has 1 atom stereocenters. The maximum atomic E-state index is 13.1. The summed E-state index contributed by atoms with van der Waals surface area (Å²) in [7, 11) is 0. The highest BCUT2D eigenvalue weighted by Gasteiger charge is 2.15. The second kappa shape index (κ2) is 6.58. The van der Waals surface area contributed by atoms with Crippen LogP contribution in [0.2, 0.25) is 0 Å². The molecule has 2 rings (SSSR count). The molecule has 6 heteroatoms. The lowest BCUT2D eigenvalue weighted by molar-refractivity contribution is -0.122. The molecule has 3 N–H and O–H groups in total. The predicted molar refractivity (Wildman–Crippen MR) is 83.7 cm³/mol. The van der Waals surface area contributed by atoms with E-state index in [1.54, 1.807) is 31.2 Å². The van der Waals surface area contributed by atoms with Crippen LogP contribution in [0.1, 0.15) is 6.92 Å². The van der Waals surface area contributed by atoms with E-state index in [0.717, 1.165) is 0 Å². The Balaban J connectivity index is 2.00. The van der Waals surface area contributed by atoms with Gasteiger partial charge in [-0.1, -0.05) is 6.07 Å². The zero-order valence-electron chi connectivity index (χ0n) is 11.3. The van der Waals surface area contributed by atoms with Gasteiger partial charge in [-0.15, -0.1) is 0 Å². The van der Waals surface area contributed by atoms with E-state index in [1.165, 1.54) is 18.2 Å². The number of anilines is 2. The van der Waals surface area contributed by atoms with E-state index in [9.17, 15) is 9.18 Å². The second-order valence-electron chi connectivity index (χ2n) is 4.45. The first-order valence-electron chi connectivity index (χ1n) is 6.24. The lowest BCUT2D eigenvalue weighted by atomic mass is 10.2. The van der Waals surface area contributed by atoms with Gasteiger partial charge in [0.2, 0.25) is 0 Å². The lowest BCUT2D eigenvalue weighted by Crippen LogP contribution is -2.30. The van der Waals surface area contributed by atoms with Gasteiger partial charge < -0.3 is 15.8 Å². The van der Waals surface area contributed by atoms with Gasteiger partial charge in [-0.05, 0) is 59.3 Å². The number of benzene rings is 2. The molecule has 0 radical (unpaired) electrons. The number of amides is 1. The van der Waals surface area contributed by atoms with Crippen LogP contribution in [0.5, 0.6) is 5.75 Å². The highest BCUT2D eigenvalue weighted by atomic mass is 79.9. The van der Waals surface area contributed by atoms with Crippen LogP contribution in [-0.4, -0.2) is 12.0 Å². The van der Waals surface area contributed by atoms with Crippen LogP contribution in [0.25, 0.3) is 0 Å². The summed E-state index contributed by atoms with van der Waals surface area (Å²) in [4.78, 5) is 12.0. The van der Waals surface area contributed by atoms with Gasteiger partial charge in [-0.3, -0.25) is 4.79 Å². The Morgan fingerprint density at radius 1 is 1.33 bits per heavy atom. The number of ether oxygens (including phenoxy) is 1. The normalized spacial score (nSPS) is 11.8. The SMILES string of the molecule is CC(Oc1ccc(F)c(Br)c1)C(=O)Nc1cccc(N)c1. The van der Waals surface area contributed by atoms with Crippen LogP contribution in [0.4, 0.5) is 15.8 Å². The fraction of sp³-hybridized carbons (Fsp3) is 0.133. The Bertz CT molecular complexity index is 664. The van der Waals surface area contributed by atoms with Crippen molar-refractivity contribution in [3.8, 4) is 5.75 Å². The summed E-state index contributed by atoms with van der Waals surface area (Å²) in [6, 6.07) is 11.1. The molecule has 0 heterocycles. The number of halogens is 2. The summed E-state index contributed by atoms with van der Waals surface area (Å²) in [5, 5.41) is 2.70. The van der Waals surface area contributed by atoms with E-state index in [1.807, 2.05) is 0 Å². The smallest absolute Gasteiger partial charge is 0.265 e. The van der Waals surface area contributed by atoms with Gasteiger partial charge in [0.05, 0.1) is 4.47 Å². The number of hydrogen-bond donors (Lipinski definition) is 2. The molecule has 1 unspecified atom stereocenters. The third-order valence-corrected chi connectivity index (χ3v) is 3.34. The first-order valence-corrected chi connectivity index (χ1v) is 7.03. The molecule has 21 heavy (non-hydrogen) atoms. The minimum atomic E-state index is -0.733. The van der Waals surface area contributed by atoms with Crippen molar-refractivity contribution in [2.45, 2.75) is 13.0 Å². The lowest BCUT2D eigenvalue weighted by Gasteiger charge is -2.15. The highest BCUT2D eigenvalue weighted by Crippen LogP contribution is 2.22. The third-order valence-electron chi connectivity index (χ3n) is 2.73. The second-order valence-corrected chi connectivity index (χ2v) is 5.31. The highest BCUT2D eigenvalue weighted by molar-refractivity contribution is 9.10. The van der Waals surface area contributed by atoms with Crippen molar-refractivity contribution in [3.05, 3.63) is 52.8 Å². The predicted octanol–water partition coefficient (Wildman–Crippen LogP) is 3.58. The third kappa shape index (κ3) is 4.19. The van der Waals surface area contributed by atoms with E-state index in [0.29, 0.717) is 17.1 Å². The van der Waals surface area contributed by atoms with Gasteiger partial charge in [0.1, 0.15) is 11.6 Å². The molecule has 1 amide bonds. The zero-order valence-corrected chi connectivity index (χ0v) is 12.9. The van der Waals surface area contributed by atoms with Crippen molar-refractivity contribution in [1.29, 1.82) is 0 Å². The van der Waals surface area contributed by atoms with Crippen molar-refractivity contribution in [1.82, 2.24) is 0 Å². The fourth-order valence-corrected chi connectivity index (χ4v) is 2.03. The summed E-state index contributed by atoms with van der Waals surface area (Å²) in [6.45, 7) is 1.61. The monoisotopic (exact) mass is 352 g/mol. The Kier molecular flexibility index (Phi) is 4.80. The summed E-state index contributed by atoms with van der Waals surface area (Å²) in [5.74, 6) is -0.307. The number of rotatable bonds is 4. The molecule has 0 aromatic heterocycles. The Morgan fingerprint density at radius 3 is 2.76 bits per heavy atom. The van der Waals surface area contributed by atoms with E-state index in [4.69, 9.17) is 10.5 Å². The first kappa shape index (κ1) is 15.3. The number of nitrogens with two attached hydrogens (primary N) is 1. The van der Waals surface area contributed by atoms with Gasteiger partial charge >= 0.3 is 0 Å². The number of hydrogen-bond acceptors (Lipinski definition) is 3. The summed E-state index contributed by atoms with van der Waals surface area (Å²) < 4.78 is 18.9. The average molecular weight is 353 g/mol. The molecular weight excluding hydrogens is 339 g/mol. The van der Waals surface area contributed by atoms with Crippen LogP contribution in [0.3, 0.4) is 0 Å². The van der Waals surface area contributed by atoms with Gasteiger partial charge in [0.25, 0.3) is 5.91 Å². The molecule has 0 aliphatic carbocycles. The molecule has 0 spiro atoms. The molecule has 0 aliphatic rings. The molecule has 0 aliphatic heterocycles. The Hall–Kier alpha value is -2.08. The number of nitrogens with one attached hydrogen (secondary N) is 1. The average Bonchev–Trinajstić information content (AvgIpc) is 2.43. The maximum absolute atomic E-state index is 13.1. The molecule has 0 saturated carbocycles. The summed E-state index contributed by atoms with van der Waals surface area (Å²) >= 11 is 3.07. The number of carbonyl (C=O) groups is 1. The standard InChI is InChI=1S/C15H14BrFN2O2/c1-9(21-12-5-6-14(17)13(16)8-12)15(20)19-11-4-2-3-10(18)7-11/h2-9H,18H2,1H3,(H,19,20). The van der Waals surface area contributed by atoms with Crippen LogP contribution >= 0.6 is 15.9 Å². The van der Waals surface area contributed by atoms with Gasteiger partial charge in [-0.25, -0.2) is 4.39 Å². The van der Waals surface area contributed by atoms with Crippen LogP contribution < -0.4 is 15.8 Å². The van der Waals surface area contributed by atoms with Crippen molar-refractivity contribution >= 4 is 33.2 Å². The summed E-state index contributed by atoms with van der Waals surface area (Å²) in [6.07, 6.45) is -0.733. The minimum Gasteiger partial charge on any atom is -0.481 e. The number of carbonyl (C=O) groups excluding carboxylic acids is 1. The van der Waals surface area contributed by atoms with Crippen LogP contribution in [-0.2, 0) is 4.79 Å². The van der Waals surface area contributed by atoms with Crippen molar-refractivity contribution in [2.24, 2.45) is 0 Å². The van der Waals surface area contributed by atoms with E-state index >= 15 is 0 Å². The molecule has 2 aromatic carbocycles. The molecule has 4 nitrogen and oxygen atoms in total. The quantitative estimate of drug-likeness (QED) is 0.826. The van der Waals surface area contributed by atoms with Gasteiger partial charge in [-0.2, -0.15) is 0 Å². The van der Waals surface area contributed by atoms with E-state index < -0.39 is 6.10 Å². The topological polar surface area (TPSA) is 64.3 Å². The van der Waals surface area contributed by atoms with Crippen LogP contribution in [0.15, 0.2) is 46.9 Å². The number of nitrogen functional groups attached to an aromatic ring is 1. The fourth-order valence-electron chi connectivity index (χ4n) is 1.67. The first-order chi connectivity index (χ1) is 9.95. The van der Waals surface area contributed by atoms with Crippen molar-refractivity contribution < 1.29 is 13.9 Å². The van der Waals surface area contributed by atoms with Crippen LogP contribution in [0, 0.1) is 5.82 Å². The summed E-state index contributed by atoms with van der Waals surface area (Å²) in [5.41, 5.74) is 6.79. The minimum absolute atomic E-state index is 0.281. The maximum Gasteiger partial charge on any atom is 0.265 e.